The van der Waals surface area contributed by atoms with Crippen LogP contribution < -0.4 is 5.01 Å². The Kier molecular flexibility index (Phi) is 3.47. The molecule has 1 aliphatic rings. The molecule has 0 atom stereocenters. The van der Waals surface area contributed by atoms with Crippen molar-refractivity contribution in [2.75, 3.05) is 11.6 Å². The third-order valence-corrected chi connectivity index (χ3v) is 2.78. The number of rotatable bonds is 3. The fraction of sp³-hybridized carbons (Fsp3) is 0.250. The van der Waals surface area contributed by atoms with Gasteiger partial charge in [-0.25, -0.2) is 0 Å². The SMILES string of the molecule is CC1=CC(C)=NN(c2ccc([N+](=O)[O-])cc2[N+](=O)[O-])C1. The van der Waals surface area contributed by atoms with Crippen molar-refractivity contribution in [1.82, 2.24) is 0 Å². The normalized spacial score (nSPS) is 14.6. The van der Waals surface area contributed by atoms with E-state index in [-0.39, 0.29) is 17.1 Å². The van der Waals surface area contributed by atoms with Gasteiger partial charge in [-0.05, 0) is 26.0 Å². The maximum atomic E-state index is 11.1. The molecular formula is C12H12N4O4. The summed E-state index contributed by atoms with van der Waals surface area (Å²) in [5, 5.41) is 27.5. The molecule has 0 unspecified atom stereocenters. The number of allylic oxidation sites excluding steroid dienone is 1. The van der Waals surface area contributed by atoms with Crippen LogP contribution >= 0.6 is 0 Å². The van der Waals surface area contributed by atoms with E-state index in [0.717, 1.165) is 17.4 Å². The largest absolute Gasteiger partial charge is 0.301 e. The maximum Gasteiger partial charge on any atom is 0.301 e. The highest BCUT2D eigenvalue weighted by Gasteiger charge is 2.24. The van der Waals surface area contributed by atoms with Crippen molar-refractivity contribution >= 4 is 22.8 Å². The molecular weight excluding hydrogens is 264 g/mol. The molecule has 8 heteroatoms. The number of hydrogen-bond acceptors (Lipinski definition) is 6. The summed E-state index contributed by atoms with van der Waals surface area (Å²) in [7, 11) is 0. The lowest BCUT2D eigenvalue weighted by molar-refractivity contribution is -0.393. The molecule has 0 amide bonds. The number of hydrazone groups is 1. The van der Waals surface area contributed by atoms with Crippen LogP contribution in [-0.2, 0) is 0 Å². The average Bonchev–Trinajstić information content (AvgIpc) is 2.36. The molecule has 8 nitrogen and oxygen atoms in total. The highest BCUT2D eigenvalue weighted by molar-refractivity contribution is 5.95. The Morgan fingerprint density at radius 1 is 1.20 bits per heavy atom. The third kappa shape index (κ3) is 2.63. The topological polar surface area (TPSA) is 102 Å². The first-order valence-electron chi connectivity index (χ1n) is 5.81. The first-order chi connectivity index (χ1) is 9.38. The van der Waals surface area contributed by atoms with Gasteiger partial charge in [-0.15, -0.1) is 0 Å². The summed E-state index contributed by atoms with van der Waals surface area (Å²) in [6, 6.07) is 3.54. The molecule has 1 aliphatic heterocycles. The number of non-ortho nitro benzene ring substituents is 1. The summed E-state index contributed by atoms with van der Waals surface area (Å²) >= 11 is 0. The summed E-state index contributed by atoms with van der Waals surface area (Å²) in [4.78, 5) is 20.5. The molecule has 104 valence electrons. The van der Waals surface area contributed by atoms with Gasteiger partial charge in [0.2, 0.25) is 0 Å². The van der Waals surface area contributed by atoms with Gasteiger partial charge in [0, 0.05) is 6.07 Å². The quantitative estimate of drug-likeness (QED) is 0.623. The predicted molar refractivity (Wildman–Crippen MR) is 74.0 cm³/mol. The van der Waals surface area contributed by atoms with Crippen LogP contribution in [0.15, 0.2) is 34.9 Å². The zero-order valence-corrected chi connectivity index (χ0v) is 10.9. The molecule has 0 saturated heterocycles. The van der Waals surface area contributed by atoms with E-state index < -0.39 is 9.85 Å². The molecule has 2 rings (SSSR count). The molecule has 0 bridgehead atoms. The van der Waals surface area contributed by atoms with Gasteiger partial charge in [-0.3, -0.25) is 25.2 Å². The number of nitro benzene ring substituents is 2. The van der Waals surface area contributed by atoms with Crippen LogP contribution in [0.5, 0.6) is 0 Å². The second-order valence-corrected chi connectivity index (χ2v) is 4.48. The van der Waals surface area contributed by atoms with Crippen molar-refractivity contribution in [3.05, 3.63) is 50.1 Å². The Morgan fingerprint density at radius 2 is 1.90 bits per heavy atom. The molecule has 1 heterocycles. The van der Waals surface area contributed by atoms with Crippen LogP contribution in [0.4, 0.5) is 17.1 Å². The van der Waals surface area contributed by atoms with Crippen LogP contribution in [0, 0.1) is 20.2 Å². The predicted octanol–water partition coefficient (Wildman–Crippen LogP) is 2.65. The van der Waals surface area contributed by atoms with Crippen LogP contribution in [0.3, 0.4) is 0 Å². The molecule has 1 aromatic carbocycles. The van der Waals surface area contributed by atoms with Gasteiger partial charge < -0.3 is 0 Å². The van der Waals surface area contributed by atoms with Gasteiger partial charge in [0.05, 0.1) is 28.2 Å². The fourth-order valence-electron chi connectivity index (χ4n) is 2.02. The number of nitro groups is 2. The van der Waals surface area contributed by atoms with Gasteiger partial charge in [0.25, 0.3) is 5.69 Å². The summed E-state index contributed by atoms with van der Waals surface area (Å²) in [5.74, 6) is 0. The fourth-order valence-corrected chi connectivity index (χ4v) is 2.02. The molecule has 0 saturated carbocycles. The highest BCUT2D eigenvalue weighted by Crippen LogP contribution is 2.33. The molecule has 0 radical (unpaired) electrons. The summed E-state index contributed by atoms with van der Waals surface area (Å²) in [6.07, 6.45) is 1.88. The van der Waals surface area contributed by atoms with Crippen molar-refractivity contribution in [3.63, 3.8) is 0 Å². The minimum atomic E-state index is -0.660. The lowest BCUT2D eigenvalue weighted by Crippen LogP contribution is -2.24. The van der Waals surface area contributed by atoms with E-state index >= 15 is 0 Å². The third-order valence-electron chi connectivity index (χ3n) is 2.78. The first-order valence-corrected chi connectivity index (χ1v) is 5.81. The van der Waals surface area contributed by atoms with Gasteiger partial charge in [0.15, 0.2) is 0 Å². The summed E-state index contributed by atoms with van der Waals surface area (Å²) in [6.45, 7) is 4.09. The average molecular weight is 276 g/mol. The summed E-state index contributed by atoms with van der Waals surface area (Å²) in [5.41, 5.74) is 1.33. The summed E-state index contributed by atoms with van der Waals surface area (Å²) < 4.78 is 0. The van der Waals surface area contributed by atoms with Crippen LogP contribution in [0.2, 0.25) is 0 Å². The van der Waals surface area contributed by atoms with E-state index in [0.29, 0.717) is 6.54 Å². The molecule has 0 N–H and O–H groups in total. The number of benzene rings is 1. The monoisotopic (exact) mass is 276 g/mol. The van der Waals surface area contributed by atoms with Crippen LogP contribution in [-0.4, -0.2) is 22.1 Å². The zero-order chi connectivity index (χ0) is 14.9. The minimum Gasteiger partial charge on any atom is -0.258 e. The molecule has 1 aromatic rings. The van der Waals surface area contributed by atoms with Gasteiger partial charge in [0.1, 0.15) is 5.69 Å². The van der Waals surface area contributed by atoms with E-state index in [1.165, 1.54) is 17.1 Å². The highest BCUT2D eigenvalue weighted by atomic mass is 16.6. The number of anilines is 1. The van der Waals surface area contributed by atoms with Crippen molar-refractivity contribution in [3.8, 4) is 0 Å². The maximum absolute atomic E-state index is 11.1. The first kappa shape index (κ1) is 13.7. The van der Waals surface area contributed by atoms with E-state index in [4.69, 9.17) is 0 Å². The Balaban J connectivity index is 2.49. The number of hydrogen-bond donors (Lipinski definition) is 0. The van der Waals surface area contributed by atoms with Gasteiger partial charge in [-0.2, -0.15) is 5.10 Å². The van der Waals surface area contributed by atoms with Crippen molar-refractivity contribution < 1.29 is 9.85 Å². The second kappa shape index (κ2) is 5.08. The Bertz CT molecular complexity index is 651. The van der Waals surface area contributed by atoms with Crippen LogP contribution in [0.25, 0.3) is 0 Å². The van der Waals surface area contributed by atoms with E-state index in [2.05, 4.69) is 5.10 Å². The van der Waals surface area contributed by atoms with Crippen LogP contribution in [0.1, 0.15) is 13.8 Å². The lowest BCUT2D eigenvalue weighted by atomic mass is 10.1. The molecule has 20 heavy (non-hydrogen) atoms. The number of nitrogens with zero attached hydrogens (tertiary/aromatic N) is 4. The van der Waals surface area contributed by atoms with Gasteiger partial charge in [-0.1, -0.05) is 5.57 Å². The standard InChI is InChI=1S/C12H12N4O4/c1-8-5-9(2)13-14(7-8)11-4-3-10(15(17)18)6-12(11)16(19)20/h3-6H,7H2,1-2H3. The van der Waals surface area contributed by atoms with E-state index in [1.54, 1.807) is 6.92 Å². The smallest absolute Gasteiger partial charge is 0.258 e. The molecule has 0 fully saturated rings. The minimum absolute atomic E-state index is 0.243. The van der Waals surface area contributed by atoms with E-state index in [9.17, 15) is 20.2 Å². The van der Waals surface area contributed by atoms with Crippen molar-refractivity contribution in [2.45, 2.75) is 13.8 Å². The Morgan fingerprint density at radius 3 is 2.45 bits per heavy atom. The Hall–Kier alpha value is -2.77. The Labute approximate surface area is 114 Å². The lowest BCUT2D eigenvalue weighted by Gasteiger charge is -2.23. The molecule has 0 aromatic heterocycles. The molecule has 0 spiro atoms. The second-order valence-electron chi connectivity index (χ2n) is 4.48. The van der Waals surface area contributed by atoms with E-state index in [1.807, 2.05) is 13.0 Å². The van der Waals surface area contributed by atoms with Gasteiger partial charge >= 0.3 is 5.69 Å². The van der Waals surface area contributed by atoms with Crippen molar-refractivity contribution in [1.29, 1.82) is 0 Å². The van der Waals surface area contributed by atoms with Crippen molar-refractivity contribution in [2.24, 2.45) is 5.10 Å². The molecule has 0 aliphatic carbocycles. The zero-order valence-electron chi connectivity index (χ0n) is 10.9.